The number of aromatic nitrogens is 6. The van der Waals surface area contributed by atoms with Gasteiger partial charge in [0.25, 0.3) is 5.91 Å². The number of hydrogen-bond acceptors (Lipinski definition) is 7. The molecule has 2 aromatic carbocycles. The van der Waals surface area contributed by atoms with E-state index < -0.39 is 11.9 Å². The van der Waals surface area contributed by atoms with E-state index in [1.807, 2.05) is 31.2 Å². The molecule has 0 radical (unpaired) electrons. The van der Waals surface area contributed by atoms with Crippen molar-refractivity contribution in [1.29, 1.82) is 0 Å². The first-order valence-corrected chi connectivity index (χ1v) is 12.9. The summed E-state index contributed by atoms with van der Waals surface area (Å²) in [6.45, 7) is 2.55. The number of rotatable bonds is 8. The lowest BCUT2D eigenvalue weighted by atomic mass is 9.98. The van der Waals surface area contributed by atoms with Gasteiger partial charge in [-0.3, -0.25) is 4.79 Å². The third-order valence-corrected chi connectivity index (χ3v) is 7.38. The van der Waals surface area contributed by atoms with Gasteiger partial charge in [0.2, 0.25) is 10.6 Å². The van der Waals surface area contributed by atoms with Gasteiger partial charge in [0, 0.05) is 23.3 Å². The second-order valence-electron chi connectivity index (χ2n) is 8.62. The molecule has 11 heteroatoms. The van der Waals surface area contributed by atoms with Gasteiger partial charge >= 0.3 is 5.97 Å². The van der Waals surface area contributed by atoms with Crippen LogP contribution in [0.3, 0.4) is 0 Å². The molecule has 0 bridgehead atoms. The molecule has 1 aliphatic carbocycles. The fraction of sp³-hybridized carbons (Fsp3) is 0.269. The quantitative estimate of drug-likeness (QED) is 0.366. The fourth-order valence-corrected chi connectivity index (χ4v) is 5.25. The summed E-state index contributed by atoms with van der Waals surface area (Å²) >= 11 is 1.37. The molecule has 2 N–H and O–H groups in total. The van der Waals surface area contributed by atoms with Crippen molar-refractivity contribution in [3.05, 3.63) is 75.0 Å². The number of benzene rings is 2. The maximum atomic E-state index is 12.8. The number of nitrogens with one attached hydrogen (secondary N) is 1. The highest BCUT2D eigenvalue weighted by Crippen LogP contribution is 2.30. The largest absolute Gasteiger partial charge is 0.478 e. The Morgan fingerprint density at radius 3 is 2.54 bits per heavy atom. The van der Waals surface area contributed by atoms with E-state index in [0.717, 1.165) is 33.7 Å². The van der Waals surface area contributed by atoms with Crippen molar-refractivity contribution < 1.29 is 14.7 Å². The van der Waals surface area contributed by atoms with E-state index in [2.05, 4.69) is 55.0 Å². The van der Waals surface area contributed by atoms with Gasteiger partial charge in [-0.05, 0) is 54.0 Å². The summed E-state index contributed by atoms with van der Waals surface area (Å²) in [6, 6.07) is 16.2. The maximum Gasteiger partial charge on any atom is 0.332 e. The molecule has 0 aliphatic heterocycles. The Kier molecular flexibility index (Phi) is 7.13. The third kappa shape index (κ3) is 5.31. The van der Waals surface area contributed by atoms with Crippen molar-refractivity contribution in [3.63, 3.8) is 0 Å². The number of aliphatic carboxylic acids is 1. The number of carboxylic acid groups (broad SMARTS) is 1. The average Bonchev–Trinajstić information content (AvgIpc) is 3.69. The molecule has 1 aliphatic rings. The molecule has 0 fully saturated rings. The molecule has 10 nitrogen and oxygen atoms in total. The standard InChI is InChI=1S/C26H25N7O3S/c1-2-22-30-33(26(37-22)27-24(34)20-8-5-9-21(20)25(35)36)15-14-16-10-12-17(13-11-16)18-6-3-4-7-19(18)23-28-31-32-29-23/h3-4,6-7,10-13H,2,5,8-9,14-15H2,1H3,(H,35,36)(H,28,29,31,32). The maximum absolute atomic E-state index is 12.8. The van der Waals surface area contributed by atoms with Crippen molar-refractivity contribution >= 4 is 23.2 Å². The molecular formula is C26H25N7O3S. The van der Waals surface area contributed by atoms with Crippen molar-refractivity contribution in [2.45, 2.75) is 45.6 Å². The van der Waals surface area contributed by atoms with Crippen LogP contribution in [-0.4, -0.2) is 47.4 Å². The summed E-state index contributed by atoms with van der Waals surface area (Å²) in [7, 11) is 0. The van der Waals surface area contributed by atoms with Gasteiger partial charge in [-0.2, -0.15) is 15.3 Å². The first-order chi connectivity index (χ1) is 18.0. The number of carbonyl (C=O) groups excluding carboxylic acids is 1. The molecule has 0 saturated carbocycles. The van der Waals surface area contributed by atoms with E-state index in [0.29, 0.717) is 48.4 Å². The molecule has 4 aromatic rings. The normalized spacial score (nSPS) is 13.9. The van der Waals surface area contributed by atoms with E-state index >= 15 is 0 Å². The van der Waals surface area contributed by atoms with Crippen LogP contribution in [0.5, 0.6) is 0 Å². The number of carbonyl (C=O) groups is 2. The van der Waals surface area contributed by atoms with Crippen molar-refractivity contribution in [2.24, 2.45) is 4.99 Å². The second kappa shape index (κ2) is 10.8. The Balaban J connectivity index is 1.35. The summed E-state index contributed by atoms with van der Waals surface area (Å²) < 4.78 is 1.75. The van der Waals surface area contributed by atoms with Crippen LogP contribution in [-0.2, 0) is 29.0 Å². The molecule has 0 atom stereocenters. The number of hydrogen-bond donors (Lipinski definition) is 2. The minimum Gasteiger partial charge on any atom is -0.478 e. The highest BCUT2D eigenvalue weighted by atomic mass is 32.1. The molecule has 0 unspecified atom stereocenters. The zero-order valence-corrected chi connectivity index (χ0v) is 21.0. The number of nitrogens with zero attached hydrogens (tertiary/aromatic N) is 6. The Morgan fingerprint density at radius 2 is 1.84 bits per heavy atom. The van der Waals surface area contributed by atoms with Gasteiger partial charge in [0.15, 0.2) is 0 Å². The van der Waals surface area contributed by atoms with E-state index in [9.17, 15) is 14.7 Å². The summed E-state index contributed by atoms with van der Waals surface area (Å²) in [5, 5.41) is 29.3. The van der Waals surface area contributed by atoms with Crippen LogP contribution < -0.4 is 4.80 Å². The lowest BCUT2D eigenvalue weighted by Gasteiger charge is -2.08. The molecule has 37 heavy (non-hydrogen) atoms. The van der Waals surface area contributed by atoms with Gasteiger partial charge in [0.05, 0.1) is 0 Å². The number of aromatic amines is 1. The highest BCUT2D eigenvalue weighted by Gasteiger charge is 2.25. The summed E-state index contributed by atoms with van der Waals surface area (Å²) in [6.07, 6.45) is 2.95. The van der Waals surface area contributed by atoms with Crippen molar-refractivity contribution in [1.82, 2.24) is 30.4 Å². The lowest BCUT2D eigenvalue weighted by molar-refractivity contribution is -0.133. The fourth-order valence-electron chi connectivity index (χ4n) is 4.39. The summed E-state index contributed by atoms with van der Waals surface area (Å²) in [5.74, 6) is -0.966. The second-order valence-corrected chi connectivity index (χ2v) is 9.66. The molecule has 2 heterocycles. The third-order valence-electron chi connectivity index (χ3n) is 6.29. The van der Waals surface area contributed by atoms with Gasteiger partial charge in [0.1, 0.15) is 5.01 Å². The minimum atomic E-state index is -1.04. The van der Waals surface area contributed by atoms with E-state index in [4.69, 9.17) is 0 Å². The molecular weight excluding hydrogens is 490 g/mol. The van der Waals surface area contributed by atoms with Crippen LogP contribution in [0.25, 0.3) is 22.5 Å². The Labute approximate surface area is 216 Å². The van der Waals surface area contributed by atoms with E-state index in [-0.39, 0.29) is 5.57 Å². The van der Waals surface area contributed by atoms with Gasteiger partial charge in [-0.15, -0.1) is 10.2 Å². The van der Waals surface area contributed by atoms with Crippen LogP contribution in [0.15, 0.2) is 64.7 Å². The van der Waals surface area contributed by atoms with Gasteiger partial charge < -0.3 is 5.11 Å². The van der Waals surface area contributed by atoms with Gasteiger partial charge in [-0.1, -0.05) is 66.8 Å². The van der Waals surface area contributed by atoms with Crippen LogP contribution in [0.4, 0.5) is 0 Å². The first-order valence-electron chi connectivity index (χ1n) is 12.1. The number of amides is 1. The van der Waals surface area contributed by atoms with Crippen LogP contribution >= 0.6 is 11.3 Å². The van der Waals surface area contributed by atoms with E-state index in [1.165, 1.54) is 11.3 Å². The minimum absolute atomic E-state index is 0.182. The Hall–Kier alpha value is -4.25. The molecule has 188 valence electrons. The smallest absolute Gasteiger partial charge is 0.332 e. The van der Waals surface area contributed by atoms with Crippen molar-refractivity contribution in [3.8, 4) is 22.5 Å². The molecule has 1 amide bonds. The number of aryl methyl sites for hydroxylation is 3. The predicted octanol–water partition coefficient (Wildman–Crippen LogP) is 3.59. The average molecular weight is 516 g/mol. The van der Waals surface area contributed by atoms with Crippen LogP contribution in [0, 0.1) is 0 Å². The summed E-state index contributed by atoms with van der Waals surface area (Å²) in [5.41, 5.74) is 4.55. The Morgan fingerprint density at radius 1 is 1.08 bits per heavy atom. The van der Waals surface area contributed by atoms with Gasteiger partial charge in [-0.25, -0.2) is 9.48 Å². The number of H-pyrrole nitrogens is 1. The zero-order chi connectivity index (χ0) is 25.8. The number of carboxylic acids is 1. The molecule has 0 saturated heterocycles. The SMILES string of the molecule is CCc1nn(CCc2ccc(-c3ccccc3-c3nn[nH]n3)cc2)c(=NC(=O)C2=C(C(=O)O)CCC2)s1. The van der Waals surface area contributed by atoms with Crippen LogP contribution in [0.1, 0.15) is 36.8 Å². The van der Waals surface area contributed by atoms with Crippen molar-refractivity contribution in [2.75, 3.05) is 0 Å². The lowest BCUT2D eigenvalue weighted by Crippen LogP contribution is -2.20. The molecule has 5 rings (SSSR count). The zero-order valence-electron chi connectivity index (χ0n) is 20.2. The first kappa shape index (κ1) is 24.4. The monoisotopic (exact) mass is 515 g/mol. The topological polar surface area (TPSA) is 139 Å². The molecule has 2 aromatic heterocycles. The summed E-state index contributed by atoms with van der Waals surface area (Å²) in [4.78, 5) is 29.0. The van der Waals surface area contributed by atoms with E-state index in [1.54, 1.807) is 4.68 Å². The predicted molar refractivity (Wildman–Crippen MR) is 137 cm³/mol. The van der Waals surface area contributed by atoms with Crippen LogP contribution in [0.2, 0.25) is 0 Å². The Bertz CT molecular complexity index is 1530. The molecule has 0 spiro atoms. The highest BCUT2D eigenvalue weighted by molar-refractivity contribution is 7.08. The number of tetrazole rings is 1.